The van der Waals surface area contributed by atoms with Gasteiger partial charge in [-0.2, -0.15) is 0 Å². The molecule has 0 radical (unpaired) electrons. The van der Waals surface area contributed by atoms with E-state index in [0.29, 0.717) is 42.8 Å². The fourth-order valence-electron chi connectivity index (χ4n) is 3.40. The number of primary amides is 1. The summed E-state index contributed by atoms with van der Waals surface area (Å²) in [6, 6.07) is 5.64. The van der Waals surface area contributed by atoms with Gasteiger partial charge in [0.15, 0.2) is 5.16 Å². The van der Waals surface area contributed by atoms with Crippen LogP contribution in [0.1, 0.15) is 31.1 Å². The summed E-state index contributed by atoms with van der Waals surface area (Å²) in [5, 5.41) is 3.48. The Kier molecular flexibility index (Phi) is 7.98. The first kappa shape index (κ1) is 25.7. The van der Waals surface area contributed by atoms with E-state index in [1.165, 1.54) is 11.8 Å². The summed E-state index contributed by atoms with van der Waals surface area (Å²) in [6.07, 6.45) is 1.50. The van der Waals surface area contributed by atoms with E-state index in [4.69, 9.17) is 26.8 Å². The number of carbonyl (C=O) groups excluding carboxylic acids is 2. The molecule has 0 unspecified atom stereocenters. The molecule has 2 amide bonds. The summed E-state index contributed by atoms with van der Waals surface area (Å²) in [6.45, 7) is 7.97. The topological polar surface area (TPSA) is 123 Å². The van der Waals surface area contributed by atoms with Crippen LogP contribution in [0, 0.1) is 0 Å². The van der Waals surface area contributed by atoms with E-state index >= 15 is 0 Å². The van der Waals surface area contributed by atoms with Crippen LogP contribution in [-0.2, 0) is 4.74 Å². The Balaban J connectivity index is 1.77. The lowest BCUT2D eigenvalue weighted by Gasteiger charge is -2.37. The van der Waals surface area contributed by atoms with Crippen LogP contribution in [0.5, 0.6) is 5.75 Å². The van der Waals surface area contributed by atoms with Gasteiger partial charge in [0.2, 0.25) is 0 Å². The molecule has 0 saturated carbocycles. The molecule has 34 heavy (non-hydrogen) atoms. The van der Waals surface area contributed by atoms with Crippen molar-refractivity contribution in [1.82, 2.24) is 14.9 Å². The van der Waals surface area contributed by atoms with Gasteiger partial charge in [-0.3, -0.25) is 4.79 Å². The minimum Gasteiger partial charge on any atom is -0.494 e. The summed E-state index contributed by atoms with van der Waals surface area (Å²) in [7, 11) is 1.56. The minimum atomic E-state index is -0.737. The van der Waals surface area contributed by atoms with Gasteiger partial charge in [-0.25, -0.2) is 14.8 Å². The van der Waals surface area contributed by atoms with Gasteiger partial charge in [0.1, 0.15) is 27.9 Å². The summed E-state index contributed by atoms with van der Waals surface area (Å²) >= 11 is 7.45. The number of hydrogen-bond donors (Lipinski definition) is 2. The number of carbonyl (C=O) groups is 2. The third kappa shape index (κ3) is 6.15. The number of ether oxygens (including phenoxy) is 2. The molecule has 12 heteroatoms. The lowest BCUT2D eigenvalue weighted by molar-refractivity contribution is 0.0240. The highest BCUT2D eigenvalue weighted by Gasteiger charge is 2.26. The normalized spacial score (nSPS) is 14.1. The molecule has 3 rings (SSSR count). The molecular formula is C22H29ClN6O4S. The van der Waals surface area contributed by atoms with E-state index in [2.05, 4.69) is 20.2 Å². The Hall–Kier alpha value is -2.92. The SMILES string of the molecule is COc1cc(N2CCN(C(=O)OC(C)(C)C)CC2)ccc1Nc1nc(SC)nc(Cl)c1C(N)=O. The van der Waals surface area contributed by atoms with Gasteiger partial charge in [0.05, 0.1) is 12.8 Å². The molecule has 10 nitrogen and oxygen atoms in total. The largest absolute Gasteiger partial charge is 0.494 e. The predicted molar refractivity (Wildman–Crippen MR) is 134 cm³/mol. The number of nitrogens with two attached hydrogens (primary N) is 1. The molecule has 1 aromatic carbocycles. The standard InChI is InChI=1S/C22H29ClN6O4S/c1-22(2,3)33-21(31)29-10-8-28(9-11-29)13-6-7-14(15(12-13)32-4)25-19-16(18(24)30)17(23)26-20(27-19)34-5/h6-7,12H,8-11H2,1-5H3,(H2,24,30)(H,25,26,27). The van der Waals surface area contributed by atoms with Crippen LogP contribution in [0.25, 0.3) is 0 Å². The smallest absolute Gasteiger partial charge is 0.410 e. The fourth-order valence-corrected chi connectivity index (χ4v) is 4.07. The zero-order valence-corrected chi connectivity index (χ0v) is 21.4. The molecule has 1 fully saturated rings. The van der Waals surface area contributed by atoms with Crippen molar-refractivity contribution in [3.8, 4) is 5.75 Å². The third-order valence-electron chi connectivity index (χ3n) is 5.01. The van der Waals surface area contributed by atoms with Crippen molar-refractivity contribution in [2.45, 2.75) is 31.5 Å². The monoisotopic (exact) mass is 508 g/mol. The number of anilines is 3. The average Bonchev–Trinajstić information content (AvgIpc) is 2.77. The second-order valence-electron chi connectivity index (χ2n) is 8.55. The molecule has 1 aliphatic heterocycles. The zero-order valence-electron chi connectivity index (χ0n) is 19.8. The molecule has 2 aromatic rings. The quantitative estimate of drug-likeness (QED) is 0.341. The number of thioether (sulfide) groups is 1. The van der Waals surface area contributed by atoms with E-state index in [1.54, 1.807) is 18.3 Å². The van der Waals surface area contributed by atoms with Gasteiger partial charge in [0.25, 0.3) is 5.91 Å². The lowest BCUT2D eigenvalue weighted by Crippen LogP contribution is -2.50. The van der Waals surface area contributed by atoms with Crippen LogP contribution in [0.4, 0.5) is 22.0 Å². The maximum atomic E-state index is 12.3. The highest BCUT2D eigenvalue weighted by atomic mass is 35.5. The lowest BCUT2D eigenvalue weighted by atomic mass is 10.2. The summed E-state index contributed by atoms with van der Waals surface area (Å²) in [4.78, 5) is 36.6. The van der Waals surface area contributed by atoms with Gasteiger partial charge in [0, 0.05) is 37.9 Å². The molecule has 0 atom stereocenters. The number of methoxy groups -OCH3 is 1. The molecule has 2 heterocycles. The van der Waals surface area contributed by atoms with Crippen molar-refractivity contribution >= 4 is 52.6 Å². The molecule has 184 valence electrons. The number of rotatable bonds is 6. The van der Waals surface area contributed by atoms with Crippen molar-refractivity contribution in [1.29, 1.82) is 0 Å². The first-order valence-electron chi connectivity index (χ1n) is 10.6. The van der Waals surface area contributed by atoms with Crippen LogP contribution < -0.4 is 20.7 Å². The summed E-state index contributed by atoms with van der Waals surface area (Å²) in [5.41, 5.74) is 6.50. The Morgan fingerprint density at radius 3 is 2.41 bits per heavy atom. The Labute approximate surface area is 208 Å². The van der Waals surface area contributed by atoms with Gasteiger partial charge < -0.3 is 30.3 Å². The maximum Gasteiger partial charge on any atom is 0.410 e. The number of hydrogen-bond acceptors (Lipinski definition) is 9. The highest BCUT2D eigenvalue weighted by Crippen LogP contribution is 2.34. The molecule has 3 N–H and O–H groups in total. The molecule has 1 aliphatic rings. The molecule has 1 saturated heterocycles. The van der Waals surface area contributed by atoms with Crippen molar-refractivity contribution in [3.63, 3.8) is 0 Å². The van der Waals surface area contributed by atoms with Gasteiger partial charge in [-0.05, 0) is 39.2 Å². The van der Waals surface area contributed by atoms with E-state index in [1.807, 2.05) is 39.0 Å². The number of halogens is 1. The number of benzene rings is 1. The minimum absolute atomic E-state index is 0.00358. The highest BCUT2D eigenvalue weighted by molar-refractivity contribution is 7.98. The van der Waals surface area contributed by atoms with Gasteiger partial charge in [-0.15, -0.1) is 0 Å². The first-order valence-corrected chi connectivity index (χ1v) is 12.2. The number of nitrogens with one attached hydrogen (secondary N) is 1. The van der Waals surface area contributed by atoms with Gasteiger partial charge in [-0.1, -0.05) is 23.4 Å². The molecule has 1 aromatic heterocycles. The van der Waals surface area contributed by atoms with Crippen LogP contribution in [-0.4, -0.2) is 72.0 Å². The number of piperazine rings is 1. The van der Waals surface area contributed by atoms with Crippen LogP contribution in [0.3, 0.4) is 0 Å². The van der Waals surface area contributed by atoms with E-state index < -0.39 is 11.5 Å². The summed E-state index contributed by atoms with van der Waals surface area (Å²) in [5.74, 6) is 0.00963. The Morgan fingerprint density at radius 2 is 1.85 bits per heavy atom. The van der Waals surface area contributed by atoms with Gasteiger partial charge >= 0.3 is 6.09 Å². The van der Waals surface area contributed by atoms with E-state index in [0.717, 1.165) is 5.69 Å². The van der Waals surface area contributed by atoms with Crippen molar-refractivity contribution in [3.05, 3.63) is 28.9 Å². The van der Waals surface area contributed by atoms with Crippen LogP contribution in [0.2, 0.25) is 5.15 Å². The number of nitrogens with zero attached hydrogens (tertiary/aromatic N) is 4. The second kappa shape index (κ2) is 10.6. The van der Waals surface area contributed by atoms with Crippen molar-refractivity contribution < 1.29 is 19.1 Å². The van der Waals surface area contributed by atoms with Crippen LogP contribution >= 0.6 is 23.4 Å². The molecule has 0 bridgehead atoms. The molecular weight excluding hydrogens is 480 g/mol. The second-order valence-corrected chi connectivity index (χ2v) is 9.68. The molecule has 0 aliphatic carbocycles. The van der Waals surface area contributed by atoms with Crippen molar-refractivity contribution in [2.24, 2.45) is 5.73 Å². The van der Waals surface area contributed by atoms with Crippen LogP contribution in [0.15, 0.2) is 23.4 Å². The predicted octanol–water partition coefficient (Wildman–Crippen LogP) is 3.76. The summed E-state index contributed by atoms with van der Waals surface area (Å²) < 4.78 is 11.0. The number of aromatic nitrogens is 2. The fraction of sp³-hybridized carbons (Fsp3) is 0.455. The molecule has 0 spiro atoms. The number of amides is 2. The average molecular weight is 509 g/mol. The van der Waals surface area contributed by atoms with Crippen molar-refractivity contribution in [2.75, 3.05) is 49.8 Å². The maximum absolute atomic E-state index is 12.3. The zero-order chi connectivity index (χ0) is 25.0. The Morgan fingerprint density at radius 1 is 1.18 bits per heavy atom. The van der Waals surface area contributed by atoms with E-state index in [-0.39, 0.29) is 22.6 Å². The third-order valence-corrected chi connectivity index (χ3v) is 5.83. The first-order chi connectivity index (χ1) is 16.0. The van der Waals surface area contributed by atoms with E-state index in [9.17, 15) is 9.59 Å². The Bertz CT molecular complexity index is 1070.